The zero-order valence-electron chi connectivity index (χ0n) is 9.56. The minimum Gasteiger partial charge on any atom is -0.452 e. The van der Waals surface area contributed by atoms with Crippen LogP contribution in [0.5, 0.6) is 0 Å². The molecule has 0 N–H and O–H groups in total. The molecule has 0 saturated heterocycles. The molecule has 1 rings (SSSR count). The fourth-order valence-corrected chi connectivity index (χ4v) is 1.47. The van der Waals surface area contributed by atoms with Gasteiger partial charge in [-0.1, -0.05) is 0 Å². The van der Waals surface area contributed by atoms with Gasteiger partial charge in [-0.2, -0.15) is 4.90 Å². The molecule has 0 aromatic carbocycles. The molecule has 1 aromatic rings. The molecule has 0 aliphatic rings. The van der Waals surface area contributed by atoms with Gasteiger partial charge in [0.1, 0.15) is 5.82 Å². The largest absolute Gasteiger partial charge is 0.452 e. The molecule has 0 fully saturated rings. The van der Waals surface area contributed by atoms with E-state index in [1.54, 1.807) is 12.3 Å². The minimum atomic E-state index is -0.844. The number of aryl methyl sites for hydroxylation is 1. The quantitative estimate of drug-likeness (QED) is 0.728. The number of hydrogen-bond donors (Lipinski definition) is 0. The third-order valence-corrected chi connectivity index (χ3v) is 3.13. The van der Waals surface area contributed by atoms with E-state index in [0.29, 0.717) is 0 Å². The van der Waals surface area contributed by atoms with Gasteiger partial charge in [0.05, 0.1) is 14.2 Å². The van der Waals surface area contributed by atoms with Crippen LogP contribution in [0.25, 0.3) is 0 Å². The van der Waals surface area contributed by atoms with Gasteiger partial charge in [0.2, 0.25) is 0 Å². The lowest BCUT2D eigenvalue weighted by Crippen LogP contribution is -2.37. The Morgan fingerprint density at radius 3 is 2.24 bits per heavy atom. The van der Waals surface area contributed by atoms with Crippen LogP contribution in [-0.4, -0.2) is 31.4 Å². The van der Waals surface area contributed by atoms with Crippen LogP contribution in [0.1, 0.15) is 5.56 Å². The zero-order valence-corrected chi connectivity index (χ0v) is 11.7. The summed E-state index contributed by atoms with van der Waals surface area (Å²) in [7, 11) is 2.36. The third kappa shape index (κ3) is 3.05. The number of nitrogens with zero attached hydrogens (tertiary/aromatic N) is 2. The molecule has 0 aliphatic heterocycles. The number of carbonyl (C=O) groups excluding carboxylic acids is 2. The van der Waals surface area contributed by atoms with Crippen molar-refractivity contribution >= 4 is 40.6 Å². The van der Waals surface area contributed by atoms with Crippen LogP contribution < -0.4 is 4.90 Å². The number of carbonyl (C=O) groups is 2. The highest BCUT2D eigenvalue weighted by Gasteiger charge is 2.26. The Labute approximate surface area is 112 Å². The maximum atomic E-state index is 11.5. The first-order chi connectivity index (χ1) is 8.01. The van der Waals surface area contributed by atoms with Crippen molar-refractivity contribution in [1.82, 2.24) is 4.98 Å². The Balaban J connectivity index is 3.17. The van der Waals surface area contributed by atoms with Crippen molar-refractivity contribution in [2.45, 2.75) is 6.92 Å². The fourth-order valence-electron chi connectivity index (χ4n) is 1.06. The summed E-state index contributed by atoms with van der Waals surface area (Å²) in [4.78, 5) is 27.7. The number of rotatable bonds is 1. The van der Waals surface area contributed by atoms with Crippen LogP contribution >= 0.6 is 22.6 Å². The number of aromatic nitrogens is 1. The lowest BCUT2D eigenvalue weighted by Gasteiger charge is -2.17. The number of methoxy groups -OCH3 is 2. The Bertz CT molecular complexity index is 434. The molecule has 0 bridgehead atoms. The summed E-state index contributed by atoms with van der Waals surface area (Å²) in [6.45, 7) is 1.87. The van der Waals surface area contributed by atoms with Gasteiger partial charge >= 0.3 is 12.2 Å². The predicted octanol–water partition coefficient (Wildman–Crippen LogP) is 2.33. The van der Waals surface area contributed by atoms with E-state index in [1.165, 1.54) is 14.2 Å². The molecule has 92 valence electrons. The number of amides is 2. The Hall–Kier alpha value is -1.38. The number of halogens is 1. The lowest BCUT2D eigenvalue weighted by atomic mass is 10.3. The van der Waals surface area contributed by atoms with Crippen molar-refractivity contribution in [3.8, 4) is 0 Å². The van der Waals surface area contributed by atoms with Gasteiger partial charge in [-0.05, 0) is 41.1 Å². The molecule has 0 saturated carbocycles. The molecule has 0 spiro atoms. The maximum Gasteiger partial charge on any atom is 0.424 e. The monoisotopic (exact) mass is 350 g/mol. The first kappa shape index (κ1) is 13.7. The molecule has 0 radical (unpaired) electrons. The van der Waals surface area contributed by atoms with Gasteiger partial charge in [-0.15, -0.1) is 0 Å². The van der Waals surface area contributed by atoms with Crippen LogP contribution in [0.15, 0.2) is 12.3 Å². The summed E-state index contributed by atoms with van der Waals surface area (Å²) < 4.78 is 9.89. The second-order valence-electron chi connectivity index (χ2n) is 3.07. The summed E-state index contributed by atoms with van der Waals surface area (Å²) in [5, 5.41) is 0. The van der Waals surface area contributed by atoms with Gasteiger partial charge in [0, 0.05) is 9.77 Å². The highest BCUT2D eigenvalue weighted by Crippen LogP contribution is 2.19. The zero-order chi connectivity index (χ0) is 13.0. The standard InChI is InChI=1S/C10H11IN2O4/c1-6-5-12-8(4-7(6)11)13(9(14)16-2)10(15)17-3/h4-5H,1-3H3. The van der Waals surface area contributed by atoms with E-state index in [9.17, 15) is 9.59 Å². The van der Waals surface area contributed by atoms with Crippen molar-refractivity contribution in [3.63, 3.8) is 0 Å². The Morgan fingerprint density at radius 2 is 1.82 bits per heavy atom. The summed E-state index contributed by atoms with van der Waals surface area (Å²) in [6.07, 6.45) is -0.122. The number of anilines is 1. The molecule has 1 aromatic heterocycles. The summed E-state index contributed by atoms with van der Waals surface area (Å²) in [5.41, 5.74) is 0.948. The van der Waals surface area contributed by atoms with Crippen molar-refractivity contribution in [2.75, 3.05) is 19.1 Å². The van der Waals surface area contributed by atoms with E-state index < -0.39 is 12.2 Å². The van der Waals surface area contributed by atoms with Gasteiger partial charge in [-0.25, -0.2) is 14.6 Å². The van der Waals surface area contributed by atoms with E-state index in [0.717, 1.165) is 14.0 Å². The van der Waals surface area contributed by atoms with Gasteiger partial charge in [0.15, 0.2) is 0 Å². The first-order valence-corrected chi connectivity index (χ1v) is 5.67. The highest BCUT2D eigenvalue weighted by atomic mass is 127. The smallest absolute Gasteiger partial charge is 0.424 e. The van der Waals surface area contributed by atoms with Crippen molar-refractivity contribution in [1.29, 1.82) is 0 Å². The maximum absolute atomic E-state index is 11.5. The van der Waals surface area contributed by atoms with E-state index in [1.807, 2.05) is 6.92 Å². The third-order valence-electron chi connectivity index (χ3n) is 1.97. The molecule has 2 amide bonds. The Kier molecular flexibility index (Phi) is 4.67. The average molecular weight is 350 g/mol. The number of ether oxygens (including phenoxy) is 2. The molecular formula is C10H11IN2O4. The Morgan fingerprint density at radius 1 is 1.29 bits per heavy atom. The average Bonchev–Trinajstić information content (AvgIpc) is 2.33. The number of pyridine rings is 1. The van der Waals surface area contributed by atoms with Gasteiger partial charge < -0.3 is 9.47 Å². The summed E-state index contributed by atoms with van der Waals surface area (Å²) in [5.74, 6) is 0.165. The highest BCUT2D eigenvalue weighted by molar-refractivity contribution is 14.1. The number of hydrogen-bond acceptors (Lipinski definition) is 5. The molecule has 6 nitrogen and oxygen atoms in total. The first-order valence-electron chi connectivity index (χ1n) is 4.59. The van der Waals surface area contributed by atoms with Crippen molar-refractivity contribution in [2.24, 2.45) is 0 Å². The SMILES string of the molecule is COC(=O)N(C(=O)OC)c1cc(I)c(C)cn1. The summed E-state index contributed by atoms with van der Waals surface area (Å²) in [6, 6.07) is 1.60. The van der Waals surface area contributed by atoms with E-state index in [4.69, 9.17) is 0 Å². The molecule has 1 heterocycles. The summed E-state index contributed by atoms with van der Waals surface area (Å²) >= 11 is 2.08. The number of imide groups is 1. The van der Waals surface area contributed by atoms with Crippen LogP contribution in [0.3, 0.4) is 0 Å². The normalized spacial score (nSPS) is 9.65. The van der Waals surface area contributed by atoms with Crippen molar-refractivity contribution < 1.29 is 19.1 Å². The van der Waals surface area contributed by atoms with Crippen molar-refractivity contribution in [3.05, 3.63) is 21.4 Å². The second kappa shape index (κ2) is 5.80. The van der Waals surface area contributed by atoms with E-state index in [2.05, 4.69) is 37.0 Å². The van der Waals surface area contributed by atoms with Crippen LogP contribution in [0, 0.1) is 10.5 Å². The predicted molar refractivity (Wildman–Crippen MR) is 69.0 cm³/mol. The van der Waals surface area contributed by atoms with E-state index in [-0.39, 0.29) is 5.82 Å². The molecule has 0 aliphatic carbocycles. The van der Waals surface area contributed by atoms with E-state index >= 15 is 0 Å². The lowest BCUT2D eigenvalue weighted by molar-refractivity contribution is 0.159. The van der Waals surface area contributed by atoms with Gasteiger partial charge in [-0.3, -0.25) is 0 Å². The minimum absolute atomic E-state index is 0.165. The second-order valence-corrected chi connectivity index (χ2v) is 4.23. The van der Waals surface area contributed by atoms with Gasteiger partial charge in [0.25, 0.3) is 0 Å². The fraction of sp³-hybridized carbons (Fsp3) is 0.300. The molecule has 0 unspecified atom stereocenters. The van der Waals surface area contributed by atoms with Crippen LogP contribution in [0.4, 0.5) is 15.4 Å². The molecular weight excluding hydrogens is 339 g/mol. The topological polar surface area (TPSA) is 68.7 Å². The molecule has 7 heteroatoms. The molecule has 17 heavy (non-hydrogen) atoms. The molecule has 0 atom stereocenters. The van der Waals surface area contributed by atoms with Crippen LogP contribution in [-0.2, 0) is 9.47 Å². The van der Waals surface area contributed by atoms with Crippen LogP contribution in [0.2, 0.25) is 0 Å².